The highest BCUT2D eigenvalue weighted by atomic mass is 16.6. The van der Waals surface area contributed by atoms with E-state index < -0.39 is 47.3 Å². The molecule has 3 heterocycles. The highest BCUT2D eigenvalue weighted by Crippen LogP contribution is 2.72. The van der Waals surface area contributed by atoms with Gasteiger partial charge in [-0.2, -0.15) is 0 Å². The summed E-state index contributed by atoms with van der Waals surface area (Å²) in [6.07, 6.45) is -0.974. The third-order valence-electron chi connectivity index (χ3n) is 9.00. The number of ketones is 1. The van der Waals surface area contributed by atoms with Crippen molar-refractivity contribution in [3.05, 3.63) is 0 Å². The van der Waals surface area contributed by atoms with Crippen LogP contribution >= 0.6 is 0 Å². The molecular weight excluding hydrogens is 352 g/mol. The number of esters is 1. The predicted molar refractivity (Wildman–Crippen MR) is 89.1 cm³/mol. The van der Waals surface area contributed by atoms with E-state index in [0.717, 1.165) is 6.42 Å². The quantitative estimate of drug-likeness (QED) is 0.461. The lowest BCUT2D eigenvalue weighted by Gasteiger charge is -2.63. The van der Waals surface area contributed by atoms with Gasteiger partial charge < -0.3 is 24.4 Å². The van der Waals surface area contributed by atoms with Gasteiger partial charge >= 0.3 is 5.97 Å². The summed E-state index contributed by atoms with van der Waals surface area (Å²) in [4.78, 5) is 26.7. The van der Waals surface area contributed by atoms with Crippen LogP contribution in [0.4, 0.5) is 0 Å². The van der Waals surface area contributed by atoms with Crippen molar-refractivity contribution in [1.82, 2.24) is 0 Å². The monoisotopic (exact) mass is 378 g/mol. The van der Waals surface area contributed by atoms with Gasteiger partial charge in [-0.1, -0.05) is 13.8 Å². The Morgan fingerprint density at radius 1 is 1.11 bits per heavy atom. The van der Waals surface area contributed by atoms with E-state index in [9.17, 15) is 19.8 Å². The number of ether oxygens (including phenoxy) is 3. The van der Waals surface area contributed by atoms with Gasteiger partial charge in [-0.05, 0) is 24.7 Å². The van der Waals surface area contributed by atoms with Crippen LogP contribution in [0.5, 0.6) is 0 Å². The third kappa shape index (κ3) is 1.59. The number of hydrogen-bond acceptors (Lipinski definition) is 7. The molecule has 3 aliphatic carbocycles. The number of hydrogen-bond donors (Lipinski definition) is 2. The van der Waals surface area contributed by atoms with E-state index in [1.807, 2.05) is 0 Å². The summed E-state index contributed by atoms with van der Waals surface area (Å²) in [5, 5.41) is 22.2. The molecule has 7 nitrogen and oxygen atoms in total. The van der Waals surface area contributed by atoms with Crippen LogP contribution in [-0.2, 0) is 23.8 Å². The van der Waals surface area contributed by atoms with Crippen LogP contribution in [0.15, 0.2) is 0 Å². The van der Waals surface area contributed by atoms with E-state index in [-0.39, 0.29) is 42.2 Å². The van der Waals surface area contributed by atoms with E-state index in [1.165, 1.54) is 0 Å². The predicted octanol–water partition coefficient (Wildman–Crippen LogP) is 0.264. The summed E-state index contributed by atoms with van der Waals surface area (Å²) < 4.78 is 17.5. The molecule has 148 valence electrons. The van der Waals surface area contributed by atoms with Gasteiger partial charge in [0.05, 0.1) is 25.4 Å². The van der Waals surface area contributed by atoms with Gasteiger partial charge in [-0.3, -0.25) is 9.59 Å². The van der Waals surface area contributed by atoms with Gasteiger partial charge in [0.15, 0.2) is 12.1 Å². The van der Waals surface area contributed by atoms with E-state index in [4.69, 9.17) is 14.2 Å². The zero-order valence-electron chi connectivity index (χ0n) is 15.6. The largest absolute Gasteiger partial charge is 0.461 e. The summed E-state index contributed by atoms with van der Waals surface area (Å²) in [5.41, 5.74) is -2.33. The molecule has 10 atom stereocenters. The number of carbonyl (C=O) groups excluding carboxylic acids is 2. The van der Waals surface area contributed by atoms with Crippen LogP contribution in [0.25, 0.3) is 0 Å². The molecule has 2 N–H and O–H groups in total. The van der Waals surface area contributed by atoms with Crippen LogP contribution in [0.1, 0.15) is 33.1 Å². The second-order valence-electron chi connectivity index (χ2n) is 10.3. The second kappa shape index (κ2) is 4.75. The maximum Gasteiger partial charge on any atom is 0.320 e. The summed E-state index contributed by atoms with van der Waals surface area (Å²) in [6.45, 7) is 4.65. The minimum Gasteiger partial charge on any atom is -0.461 e. The zero-order chi connectivity index (χ0) is 18.9. The van der Waals surface area contributed by atoms with Crippen LogP contribution in [0.2, 0.25) is 0 Å². The van der Waals surface area contributed by atoms with Gasteiger partial charge in [-0.15, -0.1) is 0 Å². The Morgan fingerprint density at radius 3 is 2.67 bits per heavy atom. The van der Waals surface area contributed by atoms with Crippen molar-refractivity contribution < 1.29 is 34.0 Å². The normalized spacial score (nSPS) is 59.9. The van der Waals surface area contributed by atoms with Crippen LogP contribution in [0.3, 0.4) is 0 Å². The smallest absolute Gasteiger partial charge is 0.320 e. The molecule has 0 amide bonds. The molecule has 3 saturated carbocycles. The van der Waals surface area contributed by atoms with E-state index in [1.54, 1.807) is 0 Å². The topological polar surface area (TPSA) is 102 Å². The highest BCUT2D eigenvalue weighted by Gasteiger charge is 2.82. The summed E-state index contributed by atoms with van der Waals surface area (Å²) in [6, 6.07) is 0. The standard InChI is InChI=1S/C20H26O7/c1-18(2)4-3-10-20(7-26-16(23)14(18)20)13-11(21)12-8-5-19(13,17(24)27-10)15(22)9(8)6-25-12/h8-14,16,21,23H,3-7H2,1-2H3/t8-,9-,10+,11-,12+,13-,14-,16-,19+,20+/m1/s1. The number of rotatable bonds is 0. The molecule has 0 unspecified atom stereocenters. The Balaban J connectivity index is 1.60. The summed E-state index contributed by atoms with van der Waals surface area (Å²) in [5.74, 6) is -1.99. The Morgan fingerprint density at radius 2 is 1.89 bits per heavy atom. The van der Waals surface area contributed by atoms with E-state index >= 15 is 0 Å². The summed E-state index contributed by atoms with van der Waals surface area (Å²) >= 11 is 0. The highest BCUT2D eigenvalue weighted by molar-refractivity contribution is 6.08. The SMILES string of the molecule is CC1(C)CC[C@@H]2OC(=O)[C@]34C[C@H]5[C@H](OC[C@H]5C3=O)[C@@H](O)[C@H]4[C@]23CO[C@@H](O)[C@H]13. The van der Waals surface area contributed by atoms with Crippen molar-refractivity contribution in [3.63, 3.8) is 0 Å². The van der Waals surface area contributed by atoms with Gasteiger partial charge in [-0.25, -0.2) is 0 Å². The molecule has 6 rings (SSSR count). The lowest BCUT2D eigenvalue weighted by molar-refractivity contribution is -0.263. The fraction of sp³-hybridized carbons (Fsp3) is 0.900. The van der Waals surface area contributed by atoms with Crippen molar-refractivity contribution in [2.45, 2.75) is 57.7 Å². The molecule has 0 aromatic rings. The fourth-order valence-electron chi connectivity index (χ4n) is 8.13. The fourth-order valence-corrected chi connectivity index (χ4v) is 8.13. The molecule has 0 radical (unpaired) electrons. The van der Waals surface area contributed by atoms with Gasteiger partial charge in [0, 0.05) is 29.1 Å². The summed E-state index contributed by atoms with van der Waals surface area (Å²) in [7, 11) is 0. The molecule has 2 bridgehead atoms. The first kappa shape index (κ1) is 16.9. The van der Waals surface area contributed by atoms with E-state index in [0.29, 0.717) is 12.8 Å². The molecule has 6 fully saturated rings. The Hall–Kier alpha value is -1.02. The van der Waals surface area contributed by atoms with Crippen molar-refractivity contribution in [2.24, 2.45) is 39.9 Å². The molecular formula is C20H26O7. The van der Waals surface area contributed by atoms with Gasteiger partial charge in [0.25, 0.3) is 0 Å². The number of Topliss-reactive ketones (excluding diaryl/α,β-unsaturated/α-hetero) is 1. The van der Waals surface area contributed by atoms with Crippen molar-refractivity contribution in [2.75, 3.05) is 13.2 Å². The lowest BCUT2D eigenvalue weighted by atomic mass is 9.43. The van der Waals surface area contributed by atoms with Crippen LogP contribution < -0.4 is 0 Å². The maximum absolute atomic E-state index is 13.5. The molecule has 6 aliphatic rings. The number of carbonyl (C=O) groups is 2. The average Bonchev–Trinajstić information content (AvgIpc) is 3.24. The molecule has 2 spiro atoms. The van der Waals surface area contributed by atoms with Crippen LogP contribution in [-0.4, -0.2) is 59.8 Å². The number of aliphatic hydroxyl groups is 2. The Bertz CT molecular complexity index is 749. The zero-order valence-corrected chi connectivity index (χ0v) is 15.6. The average molecular weight is 378 g/mol. The second-order valence-corrected chi connectivity index (χ2v) is 10.3. The number of aliphatic hydroxyl groups excluding tert-OH is 2. The third-order valence-corrected chi connectivity index (χ3v) is 9.00. The molecule has 27 heavy (non-hydrogen) atoms. The maximum atomic E-state index is 13.5. The van der Waals surface area contributed by atoms with Crippen molar-refractivity contribution in [1.29, 1.82) is 0 Å². The van der Waals surface area contributed by atoms with E-state index in [2.05, 4.69) is 13.8 Å². The molecule has 3 aliphatic heterocycles. The molecule has 0 aromatic carbocycles. The lowest BCUT2D eigenvalue weighted by Crippen LogP contribution is -2.72. The van der Waals surface area contributed by atoms with Gasteiger partial charge in [0.2, 0.25) is 0 Å². The first-order valence-corrected chi connectivity index (χ1v) is 10.1. The Labute approximate surface area is 157 Å². The van der Waals surface area contributed by atoms with Crippen LogP contribution in [0, 0.1) is 39.9 Å². The molecule has 7 heteroatoms. The minimum absolute atomic E-state index is 0.119. The van der Waals surface area contributed by atoms with Gasteiger partial charge in [0.1, 0.15) is 11.5 Å². The first-order valence-electron chi connectivity index (χ1n) is 10.1. The van der Waals surface area contributed by atoms with Crippen molar-refractivity contribution in [3.8, 4) is 0 Å². The van der Waals surface area contributed by atoms with Crippen molar-refractivity contribution >= 4 is 11.8 Å². The molecule has 0 aromatic heterocycles. The molecule has 3 saturated heterocycles. The minimum atomic E-state index is -1.31. The first-order chi connectivity index (χ1) is 12.7. The Kier molecular flexibility index (Phi) is 2.97.